The van der Waals surface area contributed by atoms with Gasteiger partial charge in [0.25, 0.3) is 0 Å². The molecule has 1 aromatic carbocycles. The fourth-order valence-corrected chi connectivity index (χ4v) is 1.26. The number of carbonyl (C=O) groups is 2. The fraction of sp³-hybridized carbons (Fsp3) is 0.200. The van der Waals surface area contributed by atoms with Crippen LogP contribution in [0, 0.1) is 0 Å². The number of rotatable bonds is 4. The van der Waals surface area contributed by atoms with E-state index < -0.39 is 5.97 Å². The third-order valence-electron chi connectivity index (χ3n) is 2.14. The number of carboxylic acids is 1. The van der Waals surface area contributed by atoms with Gasteiger partial charge in [-0.15, -0.1) is 0 Å². The number of phenols is 1. The minimum absolute atomic E-state index is 0.0755. The Morgan fingerprint density at radius 3 is 2.33 bits per heavy atom. The molecule has 0 saturated carbocycles. The maximum atomic E-state index is 10.9. The lowest BCUT2D eigenvalue weighted by atomic mass is 10.2. The van der Waals surface area contributed by atoms with Gasteiger partial charge in [0.15, 0.2) is 6.54 Å². The number of phenolic OH excluding ortho intramolecular Hbond substituents is 1. The first-order valence-electron chi connectivity index (χ1n) is 4.31. The van der Waals surface area contributed by atoms with Crippen LogP contribution in [0.1, 0.15) is 0 Å². The first kappa shape index (κ1) is 11.2. The van der Waals surface area contributed by atoms with E-state index in [1.54, 1.807) is 0 Å². The Balaban J connectivity index is 3.05. The molecule has 0 aliphatic heterocycles. The minimum atomic E-state index is -1.06. The Kier molecular flexibility index (Phi) is 3.06. The van der Waals surface area contributed by atoms with Crippen molar-refractivity contribution in [2.24, 2.45) is 0 Å². The Bertz CT molecular complexity index is 374. The summed E-state index contributed by atoms with van der Waals surface area (Å²) in [7, 11) is 1.49. The standard InChI is InChI=1S/C10H11NO4/c1-11(7-12,6-10(14)15)8-2-4-9(13)5-3-8/h2-5,7H,6H2,1H3,(H-,13,14,15)/p+1. The fourth-order valence-electron chi connectivity index (χ4n) is 1.26. The van der Waals surface area contributed by atoms with E-state index in [-0.39, 0.29) is 16.8 Å². The molecule has 5 heteroatoms. The van der Waals surface area contributed by atoms with Gasteiger partial charge < -0.3 is 10.2 Å². The van der Waals surface area contributed by atoms with Crippen LogP contribution in [0.2, 0.25) is 0 Å². The highest BCUT2D eigenvalue weighted by Crippen LogP contribution is 2.21. The highest BCUT2D eigenvalue weighted by atomic mass is 16.4. The number of aliphatic carboxylic acids is 1. The van der Waals surface area contributed by atoms with Gasteiger partial charge in [0.1, 0.15) is 11.4 Å². The van der Waals surface area contributed by atoms with Crippen LogP contribution in [0.25, 0.3) is 0 Å². The SMILES string of the molecule is C[N+](C=O)(CC(=O)O)c1ccc(O)cc1. The molecule has 15 heavy (non-hydrogen) atoms. The Hall–Kier alpha value is -1.88. The van der Waals surface area contributed by atoms with Crippen molar-refractivity contribution in [2.75, 3.05) is 13.6 Å². The summed E-state index contributed by atoms with van der Waals surface area (Å²) in [5, 5.41) is 17.7. The quantitative estimate of drug-likeness (QED) is 0.562. The Morgan fingerprint density at radius 2 is 1.93 bits per heavy atom. The van der Waals surface area contributed by atoms with Crippen molar-refractivity contribution in [1.82, 2.24) is 4.48 Å². The maximum Gasteiger partial charge on any atom is 0.360 e. The molecular formula is C10H12NO4+. The van der Waals surface area contributed by atoms with Crippen LogP contribution in [-0.4, -0.2) is 36.2 Å². The van der Waals surface area contributed by atoms with E-state index in [2.05, 4.69) is 0 Å². The first-order valence-corrected chi connectivity index (χ1v) is 4.31. The van der Waals surface area contributed by atoms with Gasteiger partial charge in [-0.1, -0.05) is 0 Å². The number of carboxylic acid groups (broad SMARTS) is 1. The van der Waals surface area contributed by atoms with Crippen LogP contribution in [0.3, 0.4) is 0 Å². The molecule has 0 aliphatic rings. The largest absolute Gasteiger partial charge is 0.508 e. The van der Waals surface area contributed by atoms with E-state index in [9.17, 15) is 9.59 Å². The van der Waals surface area contributed by atoms with Crippen LogP contribution in [0.15, 0.2) is 24.3 Å². The van der Waals surface area contributed by atoms with Crippen LogP contribution < -0.4 is 4.48 Å². The molecule has 0 bridgehead atoms. The van der Waals surface area contributed by atoms with E-state index in [0.717, 1.165) is 0 Å². The van der Waals surface area contributed by atoms with Gasteiger partial charge in [0.05, 0.1) is 7.05 Å². The second-order valence-corrected chi connectivity index (χ2v) is 3.44. The smallest absolute Gasteiger partial charge is 0.360 e. The maximum absolute atomic E-state index is 10.9. The summed E-state index contributed by atoms with van der Waals surface area (Å²) in [6.45, 7) is -0.325. The zero-order chi connectivity index (χ0) is 11.5. The summed E-state index contributed by atoms with van der Waals surface area (Å²) in [6.07, 6.45) is 0.556. The third kappa shape index (κ3) is 2.54. The second-order valence-electron chi connectivity index (χ2n) is 3.44. The topological polar surface area (TPSA) is 74.6 Å². The Morgan fingerprint density at radius 1 is 1.40 bits per heavy atom. The number of hydrogen-bond donors (Lipinski definition) is 2. The number of aromatic hydroxyl groups is 1. The molecule has 2 N–H and O–H groups in total. The lowest BCUT2D eigenvalue weighted by Gasteiger charge is -2.24. The predicted molar refractivity (Wildman–Crippen MR) is 54.4 cm³/mol. The summed E-state index contributed by atoms with van der Waals surface area (Å²) >= 11 is 0. The van der Waals surface area contributed by atoms with Crippen molar-refractivity contribution in [3.05, 3.63) is 24.3 Å². The number of nitrogens with zero attached hydrogens (tertiary/aromatic N) is 1. The minimum Gasteiger partial charge on any atom is -0.508 e. The number of carbonyl (C=O) groups excluding carboxylic acids is 1. The average molecular weight is 210 g/mol. The molecule has 80 valence electrons. The van der Waals surface area contributed by atoms with Crippen molar-refractivity contribution in [2.45, 2.75) is 0 Å². The van der Waals surface area contributed by atoms with E-state index in [0.29, 0.717) is 12.1 Å². The van der Waals surface area contributed by atoms with Crippen molar-refractivity contribution in [1.29, 1.82) is 0 Å². The number of quaternary nitrogens is 1. The van der Waals surface area contributed by atoms with E-state index >= 15 is 0 Å². The average Bonchev–Trinajstić information content (AvgIpc) is 2.17. The molecule has 0 aliphatic carbocycles. The van der Waals surface area contributed by atoms with Gasteiger partial charge >= 0.3 is 12.4 Å². The second kappa shape index (κ2) is 4.10. The third-order valence-corrected chi connectivity index (χ3v) is 2.14. The highest BCUT2D eigenvalue weighted by molar-refractivity contribution is 5.80. The number of benzene rings is 1. The number of hydrogen-bond acceptors (Lipinski definition) is 3. The summed E-state index contributed by atoms with van der Waals surface area (Å²) < 4.78 is -0.352. The molecule has 0 saturated heterocycles. The van der Waals surface area contributed by atoms with Gasteiger partial charge in [0.2, 0.25) is 0 Å². The van der Waals surface area contributed by atoms with Crippen molar-refractivity contribution >= 4 is 18.1 Å². The molecule has 1 rings (SSSR count). The van der Waals surface area contributed by atoms with Crippen LogP contribution in [0.4, 0.5) is 5.69 Å². The molecular weight excluding hydrogens is 198 g/mol. The zero-order valence-corrected chi connectivity index (χ0v) is 8.25. The molecule has 1 amide bonds. The predicted octanol–water partition coefficient (Wildman–Crippen LogP) is 0.570. The molecule has 0 heterocycles. The molecule has 0 spiro atoms. The normalized spacial score (nSPS) is 14.2. The van der Waals surface area contributed by atoms with E-state index in [1.165, 1.54) is 31.3 Å². The van der Waals surface area contributed by atoms with Crippen molar-refractivity contribution in [3.8, 4) is 5.75 Å². The molecule has 0 radical (unpaired) electrons. The van der Waals surface area contributed by atoms with Gasteiger partial charge in [-0.2, -0.15) is 0 Å². The number of amides is 1. The van der Waals surface area contributed by atoms with Crippen LogP contribution >= 0.6 is 0 Å². The van der Waals surface area contributed by atoms with E-state index in [4.69, 9.17) is 10.2 Å². The van der Waals surface area contributed by atoms with Crippen molar-refractivity contribution < 1.29 is 19.8 Å². The number of likely N-dealkylation sites (N-methyl/N-ethyl adjacent to an activating group) is 1. The highest BCUT2D eigenvalue weighted by Gasteiger charge is 2.27. The van der Waals surface area contributed by atoms with Gasteiger partial charge in [-0.25, -0.2) is 14.1 Å². The molecule has 1 unspecified atom stereocenters. The van der Waals surface area contributed by atoms with Crippen LogP contribution in [0.5, 0.6) is 5.75 Å². The zero-order valence-electron chi connectivity index (χ0n) is 8.25. The van der Waals surface area contributed by atoms with Gasteiger partial charge in [-0.05, 0) is 12.1 Å². The van der Waals surface area contributed by atoms with Gasteiger partial charge in [-0.3, -0.25) is 0 Å². The first-order chi connectivity index (χ1) is 6.98. The summed E-state index contributed by atoms with van der Waals surface area (Å²) in [4.78, 5) is 21.5. The Labute approximate surface area is 86.8 Å². The molecule has 5 nitrogen and oxygen atoms in total. The van der Waals surface area contributed by atoms with Crippen LogP contribution in [-0.2, 0) is 9.59 Å². The van der Waals surface area contributed by atoms with Gasteiger partial charge in [0, 0.05) is 12.1 Å². The summed E-state index contributed by atoms with van der Waals surface area (Å²) in [6, 6.07) is 5.87. The lowest BCUT2D eigenvalue weighted by molar-refractivity contribution is -0.139. The molecule has 1 aromatic rings. The van der Waals surface area contributed by atoms with E-state index in [1.807, 2.05) is 0 Å². The summed E-state index contributed by atoms with van der Waals surface area (Å²) in [5.74, 6) is -0.982. The molecule has 1 atom stereocenters. The lowest BCUT2D eigenvalue weighted by Crippen LogP contribution is -2.47. The molecule has 0 aromatic heterocycles. The van der Waals surface area contributed by atoms with Crippen molar-refractivity contribution in [3.63, 3.8) is 0 Å². The monoisotopic (exact) mass is 210 g/mol. The molecule has 0 fully saturated rings. The summed E-state index contributed by atoms with van der Waals surface area (Å²) in [5.41, 5.74) is 0.519.